The zero-order chi connectivity index (χ0) is 16.5. The topological polar surface area (TPSA) is 127 Å². The van der Waals surface area contributed by atoms with Gasteiger partial charge in [0.05, 0.1) is 0 Å². The van der Waals surface area contributed by atoms with Crippen molar-refractivity contribution in [2.45, 2.75) is 12.1 Å². The van der Waals surface area contributed by atoms with Gasteiger partial charge in [0.2, 0.25) is 0 Å². The average Bonchev–Trinajstić information content (AvgIpc) is 2.55. The number of carbonyl (C=O) groups is 2. The summed E-state index contributed by atoms with van der Waals surface area (Å²) in [5.74, 6) is -2.01. The van der Waals surface area contributed by atoms with Crippen LogP contribution >= 0.6 is 0 Å². The monoisotopic (exact) mass is 358 g/mol. The molecule has 2 rings (SSSR count). The molecule has 2 atom stereocenters. The molecule has 0 fully saturated rings. The van der Waals surface area contributed by atoms with Gasteiger partial charge in [-0.3, -0.25) is 9.59 Å². The number of nitrogens with two attached hydrogens (primary N) is 2. The Balaban J connectivity index is 0.000000403. The second kappa shape index (κ2) is 10.5. The van der Waals surface area contributed by atoms with Gasteiger partial charge in [-0.05, 0) is 11.1 Å². The average molecular weight is 358 g/mol. The number of hydrogen-bond donors (Lipinski definition) is 4. The van der Waals surface area contributed by atoms with E-state index in [0.29, 0.717) is 11.1 Å². The molecule has 0 saturated carbocycles. The summed E-state index contributed by atoms with van der Waals surface area (Å²) >= 11 is 0. The molecule has 7 heteroatoms. The molecule has 0 bridgehead atoms. The molecule has 2 unspecified atom stereocenters. The first-order valence-electron chi connectivity index (χ1n) is 6.50. The van der Waals surface area contributed by atoms with Crippen LogP contribution in [0.25, 0.3) is 0 Å². The Hall–Kier alpha value is -2.18. The van der Waals surface area contributed by atoms with E-state index in [2.05, 4.69) is 0 Å². The van der Waals surface area contributed by atoms with Crippen molar-refractivity contribution in [1.82, 2.24) is 0 Å². The Morgan fingerprint density at radius 2 is 0.957 bits per heavy atom. The van der Waals surface area contributed by atoms with Gasteiger partial charge in [0.25, 0.3) is 0 Å². The number of carboxylic acid groups (broad SMARTS) is 2. The Morgan fingerprint density at radius 1 is 0.696 bits per heavy atom. The van der Waals surface area contributed by atoms with Gasteiger partial charge in [-0.1, -0.05) is 60.7 Å². The minimum atomic E-state index is -1.00. The predicted molar refractivity (Wildman–Crippen MR) is 82.0 cm³/mol. The molecule has 2 aromatic rings. The van der Waals surface area contributed by atoms with E-state index in [1.807, 2.05) is 12.1 Å². The van der Waals surface area contributed by atoms with Crippen molar-refractivity contribution < 1.29 is 36.9 Å². The van der Waals surface area contributed by atoms with Crippen LogP contribution in [0, 0.1) is 0 Å². The number of rotatable bonds is 4. The normalized spacial score (nSPS) is 11.9. The summed E-state index contributed by atoms with van der Waals surface area (Å²) < 4.78 is 0. The van der Waals surface area contributed by atoms with Crippen LogP contribution in [-0.4, -0.2) is 22.2 Å². The molecule has 0 aliphatic carbocycles. The van der Waals surface area contributed by atoms with Crippen molar-refractivity contribution in [2.24, 2.45) is 11.5 Å². The summed E-state index contributed by atoms with van der Waals surface area (Å²) in [6, 6.07) is 15.6. The van der Waals surface area contributed by atoms with Gasteiger partial charge in [0.1, 0.15) is 12.1 Å². The van der Waals surface area contributed by atoms with Crippen molar-refractivity contribution in [3.63, 3.8) is 0 Å². The second-order valence-corrected chi connectivity index (χ2v) is 4.45. The Kier molecular flexibility index (Phi) is 9.53. The van der Waals surface area contributed by atoms with E-state index < -0.39 is 24.0 Å². The third kappa shape index (κ3) is 7.08. The van der Waals surface area contributed by atoms with Crippen LogP contribution in [0.4, 0.5) is 0 Å². The summed E-state index contributed by atoms with van der Waals surface area (Å²) in [5, 5.41) is 17.0. The quantitative estimate of drug-likeness (QED) is 0.614. The molecule has 0 aliphatic heterocycles. The first kappa shape index (κ1) is 20.8. The molecule has 0 radical (unpaired) electrons. The molecule has 0 aromatic heterocycles. The van der Waals surface area contributed by atoms with Crippen molar-refractivity contribution in [1.29, 1.82) is 0 Å². The molecule has 0 aliphatic rings. The van der Waals surface area contributed by atoms with Gasteiger partial charge >= 0.3 is 11.9 Å². The Bertz CT molecular complexity index is 552. The van der Waals surface area contributed by atoms with E-state index in [1.165, 1.54) is 0 Å². The summed E-state index contributed by atoms with van der Waals surface area (Å²) in [6.45, 7) is 0. The summed E-state index contributed by atoms with van der Waals surface area (Å²) in [4.78, 5) is 20.7. The molecule has 6 nitrogen and oxygen atoms in total. The fourth-order valence-electron chi connectivity index (χ4n) is 1.61. The van der Waals surface area contributed by atoms with Crippen LogP contribution in [0.5, 0.6) is 0 Å². The smallest absolute Gasteiger partial charge is 0.325 e. The van der Waals surface area contributed by atoms with Gasteiger partial charge < -0.3 is 21.7 Å². The van der Waals surface area contributed by atoms with Crippen molar-refractivity contribution in [3.05, 3.63) is 71.8 Å². The van der Waals surface area contributed by atoms with Gasteiger partial charge in [-0.15, -0.1) is 0 Å². The SMILES string of the molecule is NC(C(=O)O)c1ccccc1.NC(C(=O)O)c1ccccc1.[Fe]. The molecular formula is C16H18FeN2O4. The standard InChI is InChI=1S/2C8H9NO2.Fe/c2*9-7(8(10)11)6-4-2-1-3-5-6;/h2*1-5,7H,9H2,(H,10,11);. The molecule has 6 N–H and O–H groups in total. The van der Waals surface area contributed by atoms with Crippen LogP contribution < -0.4 is 11.5 Å². The van der Waals surface area contributed by atoms with Crippen molar-refractivity contribution in [3.8, 4) is 0 Å². The van der Waals surface area contributed by atoms with Gasteiger partial charge in [-0.2, -0.15) is 0 Å². The van der Waals surface area contributed by atoms with Gasteiger partial charge in [-0.25, -0.2) is 0 Å². The summed E-state index contributed by atoms with van der Waals surface area (Å²) in [5.41, 5.74) is 11.9. The molecule has 0 saturated heterocycles. The maximum Gasteiger partial charge on any atom is 0.325 e. The van der Waals surface area contributed by atoms with E-state index in [9.17, 15) is 9.59 Å². The third-order valence-corrected chi connectivity index (χ3v) is 2.85. The zero-order valence-corrected chi connectivity index (χ0v) is 13.3. The fourth-order valence-corrected chi connectivity index (χ4v) is 1.61. The second-order valence-electron chi connectivity index (χ2n) is 4.45. The molecule has 124 valence electrons. The zero-order valence-electron chi connectivity index (χ0n) is 12.1. The summed E-state index contributed by atoms with van der Waals surface area (Å²) in [7, 11) is 0. The first-order valence-corrected chi connectivity index (χ1v) is 6.50. The van der Waals surface area contributed by atoms with E-state index >= 15 is 0 Å². The molecule has 23 heavy (non-hydrogen) atoms. The fraction of sp³-hybridized carbons (Fsp3) is 0.125. The first-order chi connectivity index (χ1) is 10.4. The minimum absolute atomic E-state index is 0. The van der Waals surface area contributed by atoms with Crippen molar-refractivity contribution in [2.75, 3.05) is 0 Å². The van der Waals surface area contributed by atoms with Crippen LogP contribution in [0.3, 0.4) is 0 Å². The molecule has 0 amide bonds. The number of aliphatic carboxylic acids is 2. The van der Waals surface area contributed by atoms with Gasteiger partial charge in [0.15, 0.2) is 0 Å². The molecule has 0 heterocycles. The van der Waals surface area contributed by atoms with E-state index in [4.69, 9.17) is 21.7 Å². The van der Waals surface area contributed by atoms with Crippen LogP contribution in [0.15, 0.2) is 60.7 Å². The predicted octanol–water partition coefficient (Wildman–Crippen LogP) is 1.54. The number of benzene rings is 2. The maximum atomic E-state index is 10.4. The largest absolute Gasteiger partial charge is 0.480 e. The summed E-state index contributed by atoms with van der Waals surface area (Å²) in [6.07, 6.45) is 0. The molecule has 2 aromatic carbocycles. The number of carboxylic acids is 2. The Morgan fingerprint density at radius 3 is 1.17 bits per heavy atom. The van der Waals surface area contributed by atoms with Crippen molar-refractivity contribution >= 4 is 11.9 Å². The number of hydrogen-bond acceptors (Lipinski definition) is 4. The Labute approximate surface area is 144 Å². The molecular weight excluding hydrogens is 340 g/mol. The van der Waals surface area contributed by atoms with E-state index in [0.717, 1.165) is 0 Å². The van der Waals surface area contributed by atoms with E-state index in [1.54, 1.807) is 48.5 Å². The molecule has 0 spiro atoms. The maximum absolute atomic E-state index is 10.4. The van der Waals surface area contributed by atoms with Crippen LogP contribution in [-0.2, 0) is 26.7 Å². The third-order valence-electron chi connectivity index (χ3n) is 2.85. The van der Waals surface area contributed by atoms with Crippen LogP contribution in [0.1, 0.15) is 23.2 Å². The van der Waals surface area contributed by atoms with E-state index in [-0.39, 0.29) is 17.1 Å². The van der Waals surface area contributed by atoms with Crippen LogP contribution in [0.2, 0.25) is 0 Å². The van der Waals surface area contributed by atoms with Gasteiger partial charge in [0, 0.05) is 17.1 Å². The minimum Gasteiger partial charge on any atom is -0.480 e.